The maximum Gasteiger partial charge on any atom is 0.203 e. The number of ketones is 1. The van der Waals surface area contributed by atoms with Crippen LogP contribution in [-0.2, 0) is 9.53 Å². The fourth-order valence-corrected chi connectivity index (χ4v) is 8.76. The molecule has 1 spiro atoms. The molecule has 2 nitrogen and oxygen atoms in total. The summed E-state index contributed by atoms with van der Waals surface area (Å²) >= 11 is 0. The summed E-state index contributed by atoms with van der Waals surface area (Å²) in [6.07, 6.45) is 4.73. The maximum atomic E-state index is 15.2. The van der Waals surface area contributed by atoms with Gasteiger partial charge in [-0.15, -0.1) is 0 Å². The average Bonchev–Trinajstić information content (AvgIpc) is 3.45. The van der Waals surface area contributed by atoms with Crippen LogP contribution in [0.5, 0.6) is 0 Å². The van der Waals surface area contributed by atoms with Crippen LogP contribution in [0.2, 0.25) is 0 Å². The van der Waals surface area contributed by atoms with Gasteiger partial charge < -0.3 is 4.74 Å². The molecule has 0 amide bonds. The SMILES string of the molecule is CC1=C(c2cc(C)c3cc(C(C)C)ccc(C)c2-3)C(=O)[C@]23O[C@]2(C)[C@H](c2cc(C)c4cc(C(C)C)ccc(C)c2-4)C=C(C(C)C)C=C13. The third-order valence-corrected chi connectivity index (χ3v) is 11.7. The van der Waals surface area contributed by atoms with Crippen LogP contribution in [0, 0.1) is 33.6 Å². The lowest BCUT2D eigenvalue weighted by Crippen LogP contribution is -2.34. The number of Topliss-reactive ketones (excluding diaryl/α,β-unsaturated/α-hetero) is 1. The molecule has 0 saturated carbocycles. The van der Waals surface area contributed by atoms with Gasteiger partial charge in [-0.05, 0) is 143 Å². The van der Waals surface area contributed by atoms with Crippen molar-refractivity contribution >= 4 is 11.4 Å². The standard InChI is InChI=1S/C45H50O2/c1-23(2)31-15-13-26(7)40-34(19-31)28(9)17-36(40)39-22-33(25(5)6)21-38-30(11)42(43(46)45(38)44(39,12)47-45)37-18-29(10)35-20-32(24(3)4)16-14-27(8)41(35)37/h13-25,39H,1-12H3/t39-,44+,45-/m0/s1. The Hall–Kier alpha value is -3.75. The Bertz CT molecular complexity index is 2030. The zero-order valence-corrected chi connectivity index (χ0v) is 30.4. The Morgan fingerprint density at radius 2 is 1.21 bits per heavy atom. The number of epoxide rings is 1. The molecule has 1 heterocycles. The van der Waals surface area contributed by atoms with Crippen molar-refractivity contribution < 1.29 is 9.53 Å². The minimum atomic E-state index is -0.999. The highest BCUT2D eigenvalue weighted by Gasteiger charge is 2.79. The molecular formula is C45H50O2. The fourth-order valence-electron chi connectivity index (χ4n) is 8.76. The smallest absolute Gasteiger partial charge is 0.203 e. The average molecular weight is 623 g/mol. The molecule has 1 aliphatic heterocycles. The van der Waals surface area contributed by atoms with Crippen molar-refractivity contribution in [1.82, 2.24) is 0 Å². The Balaban J connectivity index is 1.42. The molecule has 242 valence electrons. The van der Waals surface area contributed by atoms with Crippen molar-refractivity contribution in [1.29, 1.82) is 0 Å². The van der Waals surface area contributed by atoms with E-state index in [0.717, 1.165) is 22.3 Å². The Morgan fingerprint density at radius 1 is 0.660 bits per heavy atom. The predicted octanol–water partition coefficient (Wildman–Crippen LogP) is 11.6. The van der Waals surface area contributed by atoms with Gasteiger partial charge in [-0.25, -0.2) is 0 Å². The maximum absolute atomic E-state index is 15.2. The largest absolute Gasteiger partial charge is 0.348 e. The molecule has 0 aromatic heterocycles. The number of ether oxygens (including phenoxy) is 1. The Labute approximate surface area is 282 Å². The summed E-state index contributed by atoms with van der Waals surface area (Å²) in [5.41, 5.74) is 17.5. The molecule has 2 heteroatoms. The van der Waals surface area contributed by atoms with Gasteiger partial charge in [-0.1, -0.05) is 102 Å². The second-order valence-electron chi connectivity index (χ2n) is 15.8. The van der Waals surface area contributed by atoms with E-state index in [1.807, 2.05) is 0 Å². The lowest BCUT2D eigenvalue weighted by molar-refractivity contribution is -0.116. The zero-order chi connectivity index (χ0) is 33.9. The topological polar surface area (TPSA) is 29.6 Å². The van der Waals surface area contributed by atoms with Crippen molar-refractivity contribution in [3.8, 4) is 22.3 Å². The van der Waals surface area contributed by atoms with E-state index in [9.17, 15) is 0 Å². The van der Waals surface area contributed by atoms with Gasteiger partial charge >= 0.3 is 0 Å². The molecule has 6 aliphatic carbocycles. The van der Waals surface area contributed by atoms with Crippen LogP contribution in [0.3, 0.4) is 0 Å². The first kappa shape index (κ1) is 31.8. The number of hydrogen-bond donors (Lipinski definition) is 0. The van der Waals surface area contributed by atoms with E-state index < -0.39 is 11.2 Å². The van der Waals surface area contributed by atoms with E-state index in [1.54, 1.807) is 0 Å². The summed E-state index contributed by atoms with van der Waals surface area (Å²) < 4.78 is 6.98. The van der Waals surface area contributed by atoms with Crippen molar-refractivity contribution in [3.05, 3.63) is 122 Å². The van der Waals surface area contributed by atoms with E-state index in [-0.39, 0.29) is 11.7 Å². The number of carbonyl (C=O) groups is 1. The molecule has 0 aromatic carbocycles. The molecule has 0 unspecified atom stereocenters. The normalized spacial score (nSPS) is 24.0. The van der Waals surface area contributed by atoms with Crippen LogP contribution in [0.15, 0.2) is 77.4 Å². The highest BCUT2D eigenvalue weighted by molar-refractivity contribution is 6.34. The van der Waals surface area contributed by atoms with Gasteiger partial charge in [0.1, 0.15) is 5.60 Å². The molecule has 3 atom stereocenters. The van der Waals surface area contributed by atoms with Crippen molar-refractivity contribution in [2.24, 2.45) is 5.92 Å². The van der Waals surface area contributed by atoms with Crippen molar-refractivity contribution in [3.63, 3.8) is 0 Å². The predicted molar refractivity (Wildman–Crippen MR) is 197 cm³/mol. The molecule has 1 saturated heterocycles. The van der Waals surface area contributed by atoms with Gasteiger partial charge in [0.2, 0.25) is 5.78 Å². The number of hydrogen-bond acceptors (Lipinski definition) is 2. The van der Waals surface area contributed by atoms with Crippen LogP contribution < -0.4 is 0 Å². The van der Waals surface area contributed by atoms with Crippen molar-refractivity contribution in [2.45, 2.75) is 112 Å². The highest BCUT2D eigenvalue weighted by Crippen LogP contribution is 2.69. The quantitative estimate of drug-likeness (QED) is 0.207. The minimum absolute atomic E-state index is 0.0733. The van der Waals surface area contributed by atoms with Gasteiger partial charge in [-0.3, -0.25) is 4.79 Å². The summed E-state index contributed by atoms with van der Waals surface area (Å²) in [5.74, 6) is 1.21. The number of carbonyl (C=O) groups excluding carboxylic acids is 1. The minimum Gasteiger partial charge on any atom is -0.348 e. The summed E-state index contributed by atoms with van der Waals surface area (Å²) in [5, 5.41) is 0. The molecule has 47 heavy (non-hydrogen) atoms. The van der Waals surface area contributed by atoms with Gasteiger partial charge in [0.15, 0.2) is 5.60 Å². The second-order valence-corrected chi connectivity index (χ2v) is 15.8. The molecule has 0 radical (unpaired) electrons. The number of fused-ring (bicyclic) bond motifs is 2. The summed E-state index contributed by atoms with van der Waals surface area (Å²) in [7, 11) is 0. The lowest BCUT2D eigenvalue weighted by Gasteiger charge is -2.22. The lowest BCUT2D eigenvalue weighted by atomic mass is 9.75. The number of allylic oxidation sites excluding steroid dienone is 2. The van der Waals surface area contributed by atoms with E-state index in [4.69, 9.17) is 4.74 Å². The van der Waals surface area contributed by atoms with E-state index in [2.05, 4.69) is 144 Å². The summed E-state index contributed by atoms with van der Waals surface area (Å²) in [6.45, 7) is 26.7. The Morgan fingerprint density at radius 3 is 1.79 bits per heavy atom. The summed E-state index contributed by atoms with van der Waals surface area (Å²) in [4.78, 5) is 15.2. The molecule has 1 fully saturated rings. The van der Waals surface area contributed by atoms with Crippen LogP contribution >= 0.6 is 0 Å². The number of rotatable bonds is 5. The van der Waals surface area contributed by atoms with Crippen LogP contribution in [0.4, 0.5) is 0 Å². The van der Waals surface area contributed by atoms with Crippen LogP contribution in [-0.4, -0.2) is 17.0 Å². The molecule has 7 aliphatic rings. The van der Waals surface area contributed by atoms with Crippen molar-refractivity contribution in [2.75, 3.05) is 0 Å². The van der Waals surface area contributed by atoms with Gasteiger partial charge in [0, 0.05) is 11.5 Å². The first-order valence-corrected chi connectivity index (χ1v) is 17.6. The third kappa shape index (κ3) is 4.36. The van der Waals surface area contributed by atoms with E-state index in [0.29, 0.717) is 17.8 Å². The van der Waals surface area contributed by atoms with Gasteiger partial charge in [0.25, 0.3) is 0 Å². The monoisotopic (exact) mass is 622 g/mol. The van der Waals surface area contributed by atoms with Gasteiger partial charge in [0.05, 0.1) is 0 Å². The van der Waals surface area contributed by atoms with E-state index in [1.165, 1.54) is 66.8 Å². The molecule has 0 bridgehead atoms. The molecule has 0 aromatic rings. The highest BCUT2D eigenvalue weighted by atomic mass is 16.6. The molecule has 7 rings (SSSR count). The third-order valence-electron chi connectivity index (χ3n) is 11.7. The molecule has 0 N–H and O–H groups in total. The first-order valence-electron chi connectivity index (χ1n) is 17.6. The molecular weight excluding hydrogens is 572 g/mol. The fraction of sp³-hybridized carbons (Fsp3) is 0.400. The van der Waals surface area contributed by atoms with Crippen LogP contribution in [0.25, 0.3) is 27.8 Å². The van der Waals surface area contributed by atoms with E-state index >= 15 is 4.79 Å². The number of aryl methyl sites for hydroxylation is 4. The van der Waals surface area contributed by atoms with Gasteiger partial charge in [-0.2, -0.15) is 0 Å². The first-order chi connectivity index (χ1) is 22.1. The second kappa shape index (κ2) is 10.6. The zero-order valence-electron chi connectivity index (χ0n) is 30.4. The Kier molecular flexibility index (Phi) is 7.20. The van der Waals surface area contributed by atoms with Crippen LogP contribution in [0.1, 0.15) is 118 Å². The summed E-state index contributed by atoms with van der Waals surface area (Å²) in [6, 6.07) is 18.4.